The molecule has 1 fully saturated rings. The molecule has 0 saturated carbocycles. The average Bonchev–Trinajstić information content (AvgIpc) is 3.33. The van der Waals surface area contributed by atoms with Crippen LogP contribution in [-0.4, -0.2) is 34.9 Å². The van der Waals surface area contributed by atoms with Gasteiger partial charge in [0.2, 0.25) is 5.91 Å². The van der Waals surface area contributed by atoms with Gasteiger partial charge in [-0.3, -0.25) is 9.69 Å². The van der Waals surface area contributed by atoms with Crippen molar-refractivity contribution >= 4 is 28.8 Å². The molecule has 1 aliphatic rings. The second kappa shape index (κ2) is 8.86. The Morgan fingerprint density at radius 3 is 2.75 bits per heavy atom. The summed E-state index contributed by atoms with van der Waals surface area (Å²) in [5.41, 5.74) is 3.15. The molecule has 1 saturated heterocycles. The Kier molecular flexibility index (Phi) is 6.05. The minimum Gasteiger partial charge on any atom is -0.352 e. The lowest BCUT2D eigenvalue weighted by atomic mass is 10.2. The predicted octanol–water partition coefficient (Wildman–Crippen LogP) is 4.40. The van der Waals surface area contributed by atoms with Crippen molar-refractivity contribution in [3.8, 4) is 10.6 Å². The summed E-state index contributed by atoms with van der Waals surface area (Å²) in [6.07, 6.45) is 1.31. The van der Waals surface area contributed by atoms with E-state index in [4.69, 9.17) is 11.6 Å². The van der Waals surface area contributed by atoms with Gasteiger partial charge >= 0.3 is 0 Å². The number of aromatic nitrogens is 1. The number of nitrogens with one attached hydrogen (secondary N) is 1. The molecule has 2 aromatic carbocycles. The van der Waals surface area contributed by atoms with Crippen LogP contribution in [0.15, 0.2) is 60.0 Å². The molecule has 4 rings (SSSR count). The molecular weight excluding hydrogens is 390 g/mol. The lowest BCUT2D eigenvalue weighted by Gasteiger charge is -2.16. The van der Waals surface area contributed by atoms with Crippen molar-refractivity contribution in [1.82, 2.24) is 15.2 Å². The summed E-state index contributed by atoms with van der Waals surface area (Å²) in [6, 6.07) is 18.3. The molecule has 28 heavy (non-hydrogen) atoms. The number of thiazole rings is 1. The van der Waals surface area contributed by atoms with Crippen LogP contribution in [0, 0.1) is 0 Å². The molecule has 6 heteroatoms. The van der Waals surface area contributed by atoms with Gasteiger partial charge in [0.15, 0.2) is 0 Å². The standard InChI is InChI=1S/C22H22ClN3OS/c23-18-8-6-17(7-9-18)22-25-20(15-28-22)12-21(27)24-19-10-11-26(14-19)13-16-4-2-1-3-5-16/h1-9,15,19H,10-14H2,(H,24,27)/t19-/m0/s1. The average molecular weight is 412 g/mol. The molecule has 1 aromatic heterocycles. The van der Waals surface area contributed by atoms with Gasteiger partial charge in [0.1, 0.15) is 5.01 Å². The highest BCUT2D eigenvalue weighted by molar-refractivity contribution is 7.13. The summed E-state index contributed by atoms with van der Waals surface area (Å²) in [4.78, 5) is 19.4. The zero-order valence-electron chi connectivity index (χ0n) is 15.5. The molecule has 2 heterocycles. The number of amides is 1. The molecule has 4 nitrogen and oxygen atoms in total. The van der Waals surface area contributed by atoms with Crippen molar-refractivity contribution in [2.24, 2.45) is 0 Å². The largest absolute Gasteiger partial charge is 0.352 e. The van der Waals surface area contributed by atoms with Gasteiger partial charge in [-0.25, -0.2) is 4.98 Å². The number of likely N-dealkylation sites (tertiary alicyclic amines) is 1. The summed E-state index contributed by atoms with van der Waals surface area (Å²) >= 11 is 7.49. The van der Waals surface area contributed by atoms with E-state index in [0.717, 1.165) is 42.3 Å². The van der Waals surface area contributed by atoms with E-state index in [1.807, 2.05) is 35.7 Å². The minimum absolute atomic E-state index is 0.0412. The molecule has 0 bridgehead atoms. The van der Waals surface area contributed by atoms with Crippen LogP contribution >= 0.6 is 22.9 Å². The van der Waals surface area contributed by atoms with Gasteiger partial charge in [0.05, 0.1) is 12.1 Å². The molecule has 1 atom stereocenters. The number of carbonyl (C=O) groups excluding carboxylic acids is 1. The predicted molar refractivity (Wildman–Crippen MR) is 115 cm³/mol. The highest BCUT2D eigenvalue weighted by Gasteiger charge is 2.24. The lowest BCUT2D eigenvalue weighted by Crippen LogP contribution is -2.37. The Bertz CT molecular complexity index is 926. The van der Waals surface area contributed by atoms with Crippen LogP contribution in [0.4, 0.5) is 0 Å². The Balaban J connectivity index is 1.27. The Hall–Kier alpha value is -2.21. The Morgan fingerprint density at radius 2 is 1.96 bits per heavy atom. The van der Waals surface area contributed by atoms with E-state index in [2.05, 4.69) is 39.5 Å². The maximum atomic E-state index is 12.4. The van der Waals surface area contributed by atoms with Crippen molar-refractivity contribution in [2.45, 2.75) is 25.4 Å². The van der Waals surface area contributed by atoms with Crippen molar-refractivity contribution in [2.75, 3.05) is 13.1 Å². The van der Waals surface area contributed by atoms with Gasteiger partial charge in [0, 0.05) is 41.6 Å². The third kappa shape index (κ3) is 4.98. The van der Waals surface area contributed by atoms with E-state index in [-0.39, 0.29) is 11.9 Å². The molecular formula is C22H22ClN3OS. The quantitative estimate of drug-likeness (QED) is 0.654. The summed E-state index contributed by atoms with van der Waals surface area (Å²) in [5.74, 6) is 0.0412. The van der Waals surface area contributed by atoms with E-state index in [1.165, 1.54) is 5.56 Å². The Labute approximate surface area is 174 Å². The second-order valence-electron chi connectivity index (χ2n) is 7.10. The van der Waals surface area contributed by atoms with Crippen LogP contribution in [-0.2, 0) is 17.8 Å². The normalized spacial score (nSPS) is 17.0. The monoisotopic (exact) mass is 411 g/mol. The summed E-state index contributed by atoms with van der Waals surface area (Å²) in [7, 11) is 0. The zero-order valence-corrected chi connectivity index (χ0v) is 17.0. The van der Waals surface area contributed by atoms with Crippen LogP contribution in [0.5, 0.6) is 0 Å². The summed E-state index contributed by atoms with van der Waals surface area (Å²) in [6.45, 7) is 2.84. The fraction of sp³-hybridized carbons (Fsp3) is 0.273. The molecule has 144 valence electrons. The van der Waals surface area contributed by atoms with Gasteiger partial charge in [-0.1, -0.05) is 54.1 Å². The number of benzene rings is 2. The SMILES string of the molecule is O=C(Cc1csc(-c2ccc(Cl)cc2)n1)N[C@H]1CCN(Cc2ccccc2)C1. The van der Waals surface area contributed by atoms with Crippen LogP contribution in [0.25, 0.3) is 10.6 Å². The first-order chi connectivity index (χ1) is 13.7. The molecule has 0 aliphatic carbocycles. The van der Waals surface area contributed by atoms with Gasteiger partial charge in [-0.05, 0) is 24.1 Å². The molecule has 1 amide bonds. The second-order valence-corrected chi connectivity index (χ2v) is 8.40. The van der Waals surface area contributed by atoms with E-state index >= 15 is 0 Å². The van der Waals surface area contributed by atoms with Crippen molar-refractivity contribution < 1.29 is 4.79 Å². The van der Waals surface area contributed by atoms with Gasteiger partial charge in [-0.2, -0.15) is 0 Å². The third-order valence-corrected chi connectivity index (χ3v) is 6.06. The fourth-order valence-corrected chi connectivity index (χ4v) is 4.44. The smallest absolute Gasteiger partial charge is 0.226 e. The molecule has 3 aromatic rings. The minimum atomic E-state index is 0.0412. The van der Waals surface area contributed by atoms with Crippen LogP contribution in [0.3, 0.4) is 0 Å². The summed E-state index contributed by atoms with van der Waals surface area (Å²) in [5, 5.41) is 6.74. The maximum Gasteiger partial charge on any atom is 0.226 e. The topological polar surface area (TPSA) is 45.2 Å². The molecule has 0 unspecified atom stereocenters. The van der Waals surface area contributed by atoms with E-state index in [1.54, 1.807) is 11.3 Å². The number of rotatable bonds is 6. The number of hydrogen-bond acceptors (Lipinski definition) is 4. The van der Waals surface area contributed by atoms with Crippen molar-refractivity contribution in [3.63, 3.8) is 0 Å². The third-order valence-electron chi connectivity index (χ3n) is 4.87. The van der Waals surface area contributed by atoms with Crippen LogP contribution in [0.2, 0.25) is 5.02 Å². The number of nitrogens with zero attached hydrogens (tertiary/aromatic N) is 2. The molecule has 0 radical (unpaired) electrons. The lowest BCUT2D eigenvalue weighted by molar-refractivity contribution is -0.121. The molecule has 1 aliphatic heterocycles. The number of halogens is 1. The fourth-order valence-electron chi connectivity index (χ4n) is 3.49. The molecule has 0 spiro atoms. The van der Waals surface area contributed by atoms with Gasteiger partial charge in [0.25, 0.3) is 0 Å². The van der Waals surface area contributed by atoms with E-state index in [0.29, 0.717) is 11.4 Å². The van der Waals surface area contributed by atoms with E-state index < -0.39 is 0 Å². The van der Waals surface area contributed by atoms with Crippen molar-refractivity contribution in [1.29, 1.82) is 0 Å². The van der Waals surface area contributed by atoms with Crippen molar-refractivity contribution in [3.05, 3.63) is 76.3 Å². The highest BCUT2D eigenvalue weighted by atomic mass is 35.5. The maximum absolute atomic E-state index is 12.4. The van der Waals surface area contributed by atoms with E-state index in [9.17, 15) is 4.79 Å². The van der Waals surface area contributed by atoms with Crippen LogP contribution in [0.1, 0.15) is 17.7 Å². The first kappa shape index (κ1) is 19.1. The van der Waals surface area contributed by atoms with Gasteiger partial charge < -0.3 is 5.32 Å². The number of hydrogen-bond donors (Lipinski definition) is 1. The first-order valence-corrected chi connectivity index (χ1v) is 10.7. The van der Waals surface area contributed by atoms with Crippen LogP contribution < -0.4 is 5.32 Å². The molecule has 1 N–H and O–H groups in total. The highest BCUT2D eigenvalue weighted by Crippen LogP contribution is 2.25. The number of carbonyl (C=O) groups is 1. The summed E-state index contributed by atoms with van der Waals surface area (Å²) < 4.78 is 0. The zero-order chi connectivity index (χ0) is 19.3. The Morgan fingerprint density at radius 1 is 1.18 bits per heavy atom. The first-order valence-electron chi connectivity index (χ1n) is 9.42. The van der Waals surface area contributed by atoms with Gasteiger partial charge in [-0.15, -0.1) is 11.3 Å².